The van der Waals surface area contributed by atoms with E-state index in [2.05, 4.69) is 311 Å². The number of rotatable bonds is 8. The summed E-state index contributed by atoms with van der Waals surface area (Å²) in [5.74, 6) is 0. The van der Waals surface area contributed by atoms with E-state index in [1.807, 2.05) is 65.6 Å². The lowest BCUT2D eigenvalue weighted by molar-refractivity contribution is 0.426. The lowest BCUT2D eigenvalue weighted by Crippen LogP contribution is -2.29. The molecule has 3 heterocycles. The lowest BCUT2D eigenvalue weighted by atomic mass is 9.80. The molecule has 0 aliphatic carbocycles. The average Bonchev–Trinajstić information content (AvgIpc) is 3.96. The number of hydrogen-bond acceptors (Lipinski definition) is 2. The van der Waals surface area contributed by atoms with Gasteiger partial charge in [-0.25, -0.2) is 0 Å². The van der Waals surface area contributed by atoms with Crippen molar-refractivity contribution in [2.24, 2.45) is 0 Å². The maximum absolute atomic E-state index is 9.24. The van der Waals surface area contributed by atoms with E-state index in [0.29, 0.717) is 5.46 Å². The van der Waals surface area contributed by atoms with Gasteiger partial charge in [-0.05, 0) is 140 Å². The highest BCUT2D eigenvalue weighted by molar-refractivity contribution is 14.1. The molecule has 2 N–H and O–H groups in total. The van der Waals surface area contributed by atoms with Crippen LogP contribution in [-0.4, -0.2) is 35.8 Å². The standard InChI is InChI=1S/C48H32N2.C18H14BNO2.C12H8Br2.CH3I/c1-3-15-39(37(13-1)33-25-29-35(30-26-33)49-45-21-9-5-17-41(45)42-18-6-10-22-46(42)49)40-16-4-2-14-38(40)34-27-31-36(32-28-34)50-47-23-11-7-19-43(47)44-20-8-12-24-48(44)50;21-19(22)13-9-11-14(12-10-13)20-17-7-3-1-5-15(17)16-6-2-4-8-18(16)20;13-11-7-3-1-5-9(11)10-6-2-4-8-12(10)14;1-2/h1-32H;1-12,21-22H;1-8H;1H3. The Morgan fingerprint density at radius 2 is 0.466 bits per heavy atom. The first kappa shape index (κ1) is 58.0. The van der Waals surface area contributed by atoms with E-state index in [4.69, 9.17) is 0 Å². The van der Waals surface area contributed by atoms with Gasteiger partial charge in [0.1, 0.15) is 0 Å². The van der Waals surface area contributed by atoms with Gasteiger partial charge in [0.05, 0.1) is 33.1 Å². The van der Waals surface area contributed by atoms with Gasteiger partial charge < -0.3 is 23.7 Å². The van der Waals surface area contributed by atoms with Gasteiger partial charge in [-0.2, -0.15) is 0 Å². The number of fused-ring (bicyclic) bond motifs is 9. The summed E-state index contributed by atoms with van der Waals surface area (Å²) >= 11 is 9.24. The Morgan fingerprint density at radius 1 is 0.250 bits per heavy atom. The maximum atomic E-state index is 9.24. The molecular formula is C79H57BBr2IN3O2. The molecule has 16 aromatic rings. The zero-order valence-corrected chi connectivity index (χ0v) is 53.3. The van der Waals surface area contributed by atoms with Crippen LogP contribution in [0.15, 0.2) is 324 Å². The molecule has 0 atom stereocenters. The predicted octanol–water partition coefficient (Wildman–Crippen LogP) is 21.3. The fourth-order valence-corrected chi connectivity index (χ4v) is 13.3. The van der Waals surface area contributed by atoms with E-state index in [-0.39, 0.29) is 0 Å². The van der Waals surface area contributed by atoms with Crippen LogP contribution in [0.5, 0.6) is 0 Å². The highest BCUT2D eigenvalue weighted by Gasteiger charge is 2.18. The summed E-state index contributed by atoms with van der Waals surface area (Å²) in [7, 11) is -1.44. The second kappa shape index (κ2) is 26.1. The largest absolute Gasteiger partial charge is 0.488 e. The second-order valence-corrected chi connectivity index (χ2v) is 22.9. The van der Waals surface area contributed by atoms with Crippen LogP contribution in [-0.2, 0) is 0 Å². The molecule has 3 aromatic heterocycles. The van der Waals surface area contributed by atoms with Crippen LogP contribution < -0.4 is 5.46 Å². The van der Waals surface area contributed by atoms with E-state index in [9.17, 15) is 10.0 Å². The zero-order valence-electron chi connectivity index (χ0n) is 48.0. The van der Waals surface area contributed by atoms with Crippen molar-refractivity contribution in [2.45, 2.75) is 0 Å². The average molecular weight is 1380 g/mol. The van der Waals surface area contributed by atoms with E-state index in [0.717, 1.165) is 37.0 Å². The molecule has 88 heavy (non-hydrogen) atoms. The summed E-state index contributed by atoms with van der Waals surface area (Å²) in [6.07, 6.45) is 0. The minimum atomic E-state index is -1.44. The Balaban J connectivity index is 0.000000153. The number of para-hydroxylation sites is 6. The van der Waals surface area contributed by atoms with Crippen LogP contribution in [0.25, 0.3) is 127 Å². The van der Waals surface area contributed by atoms with E-state index in [1.165, 1.54) is 98.9 Å². The molecule has 0 saturated carbocycles. The van der Waals surface area contributed by atoms with Gasteiger partial charge in [-0.1, -0.05) is 285 Å². The van der Waals surface area contributed by atoms with Crippen molar-refractivity contribution >= 4 is 132 Å². The molecule has 0 fully saturated rings. The zero-order chi connectivity index (χ0) is 60.1. The molecule has 0 aliphatic rings. The monoisotopic (exact) mass is 1380 g/mol. The number of nitrogens with zero attached hydrogens (tertiary/aromatic N) is 3. The van der Waals surface area contributed by atoms with Crippen molar-refractivity contribution in [1.29, 1.82) is 0 Å². The molecule has 9 heteroatoms. The quantitative estimate of drug-likeness (QED) is 0.0905. The first-order valence-electron chi connectivity index (χ1n) is 29.1. The molecule has 0 unspecified atom stereocenters. The van der Waals surface area contributed by atoms with Crippen molar-refractivity contribution < 1.29 is 10.0 Å². The van der Waals surface area contributed by atoms with Gasteiger partial charge in [0.15, 0.2) is 0 Å². The normalized spacial score (nSPS) is 11.1. The highest BCUT2D eigenvalue weighted by atomic mass is 127. The first-order valence-corrected chi connectivity index (χ1v) is 32.8. The van der Waals surface area contributed by atoms with Gasteiger partial charge in [0.25, 0.3) is 0 Å². The van der Waals surface area contributed by atoms with Crippen LogP contribution >= 0.6 is 54.5 Å². The highest BCUT2D eigenvalue weighted by Crippen LogP contribution is 2.41. The lowest BCUT2D eigenvalue weighted by Gasteiger charge is -2.16. The Labute approximate surface area is 542 Å². The molecule has 424 valence electrons. The van der Waals surface area contributed by atoms with Crippen LogP contribution in [0.3, 0.4) is 0 Å². The molecule has 0 saturated heterocycles. The summed E-state index contributed by atoms with van der Waals surface area (Å²) in [5.41, 5.74) is 20.7. The summed E-state index contributed by atoms with van der Waals surface area (Å²) in [4.78, 5) is 1.97. The molecule has 13 aromatic carbocycles. The SMILES string of the molecule is Brc1ccccc1-c1ccccc1Br.CI.OB(O)c1ccc(-n2c3ccccc3c3ccccc32)cc1.c1ccc(-c2ccccc2-c2ccc(-n3c4ccccc4c4ccccc43)cc2)c(-c2ccc(-n3c4ccccc4c4ccccc43)cc2)c1. The van der Waals surface area contributed by atoms with Gasteiger partial charge >= 0.3 is 7.12 Å². The third kappa shape index (κ3) is 11.2. The maximum Gasteiger partial charge on any atom is 0.488 e. The molecule has 5 nitrogen and oxygen atoms in total. The van der Waals surface area contributed by atoms with Crippen LogP contribution in [0.4, 0.5) is 0 Å². The van der Waals surface area contributed by atoms with E-state index in [1.54, 1.807) is 12.1 Å². The van der Waals surface area contributed by atoms with E-state index < -0.39 is 7.12 Å². The minimum absolute atomic E-state index is 0.490. The molecular weight excluding hydrogens is 1320 g/mol. The third-order valence-corrected chi connectivity index (χ3v) is 17.6. The molecule has 0 aliphatic heterocycles. The summed E-state index contributed by atoms with van der Waals surface area (Å²) in [6.45, 7) is 0. The van der Waals surface area contributed by atoms with Crippen molar-refractivity contribution in [3.05, 3.63) is 324 Å². The second-order valence-electron chi connectivity index (χ2n) is 21.2. The minimum Gasteiger partial charge on any atom is -0.423 e. The Kier molecular flexibility index (Phi) is 17.2. The molecule has 0 amide bonds. The number of alkyl halides is 1. The molecule has 0 bridgehead atoms. The summed E-state index contributed by atoms with van der Waals surface area (Å²) in [6, 6.07) is 111. The molecule has 0 radical (unpaired) electrons. The fourth-order valence-electron chi connectivity index (χ4n) is 12.3. The fraction of sp³-hybridized carbons (Fsp3) is 0.0127. The smallest absolute Gasteiger partial charge is 0.423 e. The van der Waals surface area contributed by atoms with Crippen molar-refractivity contribution in [1.82, 2.24) is 13.7 Å². The van der Waals surface area contributed by atoms with Gasteiger partial charge in [-0.15, -0.1) is 0 Å². The summed E-state index contributed by atoms with van der Waals surface area (Å²) in [5, 5.41) is 26.0. The Hall–Kier alpha value is -9.07. The third-order valence-electron chi connectivity index (χ3n) is 16.2. The van der Waals surface area contributed by atoms with Crippen molar-refractivity contribution in [3.8, 4) is 61.6 Å². The van der Waals surface area contributed by atoms with Crippen LogP contribution in [0.1, 0.15) is 0 Å². The Bertz CT molecular complexity index is 4730. The Morgan fingerprint density at radius 3 is 0.727 bits per heavy atom. The van der Waals surface area contributed by atoms with E-state index >= 15 is 0 Å². The van der Waals surface area contributed by atoms with Gasteiger partial charge in [-0.3, -0.25) is 0 Å². The van der Waals surface area contributed by atoms with Crippen molar-refractivity contribution in [3.63, 3.8) is 0 Å². The van der Waals surface area contributed by atoms with Gasteiger partial charge in [0, 0.05) is 58.3 Å². The number of aromatic nitrogens is 3. The van der Waals surface area contributed by atoms with Crippen LogP contribution in [0, 0.1) is 0 Å². The number of benzene rings is 13. The molecule has 0 spiro atoms. The van der Waals surface area contributed by atoms with Crippen LogP contribution in [0.2, 0.25) is 0 Å². The van der Waals surface area contributed by atoms with Crippen molar-refractivity contribution in [2.75, 3.05) is 4.93 Å². The predicted molar refractivity (Wildman–Crippen MR) is 389 cm³/mol. The summed E-state index contributed by atoms with van der Waals surface area (Å²) < 4.78 is 9.17. The van der Waals surface area contributed by atoms with Gasteiger partial charge in [0.2, 0.25) is 0 Å². The number of halogens is 3. The first-order chi connectivity index (χ1) is 43.4. The number of hydrogen-bond donors (Lipinski definition) is 2. The molecule has 16 rings (SSSR count). The topological polar surface area (TPSA) is 55.2 Å².